The largest absolute Gasteiger partial charge is 0.370 e. The van der Waals surface area contributed by atoms with Crippen molar-refractivity contribution in [1.82, 2.24) is 5.32 Å². The number of hydrogen-bond acceptors (Lipinski definition) is 2. The molecule has 0 amide bonds. The fourth-order valence-corrected chi connectivity index (χ4v) is 1.62. The van der Waals surface area contributed by atoms with Crippen LogP contribution in [0.3, 0.4) is 0 Å². The van der Waals surface area contributed by atoms with Crippen LogP contribution in [0.1, 0.15) is 18.6 Å². The van der Waals surface area contributed by atoms with Gasteiger partial charge in [-0.25, -0.2) is 0 Å². The quantitative estimate of drug-likeness (QED) is 0.695. The topological polar surface area (TPSA) is 21.3 Å². The van der Waals surface area contributed by atoms with Gasteiger partial charge in [-0.3, -0.25) is 0 Å². The van der Waals surface area contributed by atoms with Crippen LogP contribution in [0.4, 0.5) is 0 Å². The first-order valence-electron chi connectivity index (χ1n) is 4.61. The Kier molecular flexibility index (Phi) is 2.49. The summed E-state index contributed by atoms with van der Waals surface area (Å²) in [7, 11) is 0. The molecule has 0 aliphatic carbocycles. The van der Waals surface area contributed by atoms with E-state index < -0.39 is 0 Å². The maximum absolute atomic E-state index is 5.66. The normalized spacial score (nSPS) is 28.1. The number of morpholine rings is 1. The highest BCUT2D eigenvalue weighted by molar-refractivity contribution is 5.13. The molecule has 68 valence electrons. The van der Waals surface area contributed by atoms with Gasteiger partial charge in [-0.15, -0.1) is 0 Å². The van der Waals surface area contributed by atoms with Crippen molar-refractivity contribution in [3.05, 3.63) is 35.9 Å². The molecule has 1 aliphatic heterocycles. The number of rotatable bonds is 1. The predicted molar refractivity (Wildman–Crippen MR) is 50.3 cm³/mol. The van der Waals surface area contributed by atoms with E-state index in [-0.39, 0.29) is 6.10 Å². The fraction of sp³-hybridized carbons (Fsp3) is 0.455. The Morgan fingerprint density at radius 1 is 1.62 bits per heavy atom. The van der Waals surface area contributed by atoms with Gasteiger partial charge in [0.05, 0.1) is 6.61 Å². The van der Waals surface area contributed by atoms with E-state index in [0.717, 1.165) is 18.7 Å². The second kappa shape index (κ2) is 3.78. The third-order valence-corrected chi connectivity index (χ3v) is 2.30. The molecule has 0 spiro atoms. The Balaban J connectivity index is 2.15. The van der Waals surface area contributed by atoms with Crippen molar-refractivity contribution in [3.8, 4) is 0 Å². The van der Waals surface area contributed by atoms with E-state index in [1.165, 1.54) is 0 Å². The smallest absolute Gasteiger partial charge is 0.105 e. The molecule has 1 aliphatic rings. The first-order chi connectivity index (χ1) is 6.38. The summed E-state index contributed by atoms with van der Waals surface area (Å²) in [5.41, 5.74) is 1.09. The molecule has 2 heteroatoms. The molecule has 1 N–H and O–H groups in total. The second-order valence-corrected chi connectivity index (χ2v) is 3.28. The van der Waals surface area contributed by atoms with Gasteiger partial charge in [0.1, 0.15) is 6.10 Å². The van der Waals surface area contributed by atoms with Gasteiger partial charge in [-0.05, 0) is 19.1 Å². The Labute approximate surface area is 78.9 Å². The van der Waals surface area contributed by atoms with E-state index in [1.54, 1.807) is 0 Å². The molecule has 1 aromatic carbocycles. The molecular weight excluding hydrogens is 162 g/mol. The molecule has 13 heavy (non-hydrogen) atoms. The lowest BCUT2D eigenvalue weighted by Gasteiger charge is -2.29. The minimum atomic E-state index is 0.131. The van der Waals surface area contributed by atoms with Crippen LogP contribution >= 0.6 is 0 Å². The zero-order valence-corrected chi connectivity index (χ0v) is 7.71. The van der Waals surface area contributed by atoms with Gasteiger partial charge in [-0.2, -0.15) is 0 Å². The summed E-state index contributed by atoms with van der Waals surface area (Å²) in [5.74, 6) is 0. The highest BCUT2D eigenvalue weighted by Crippen LogP contribution is 2.21. The predicted octanol–water partition coefficient (Wildman–Crippen LogP) is 1.34. The SMILES string of the molecule is C[C@@H]1NCCO[C@H]1c1c#cccc1. The second-order valence-electron chi connectivity index (χ2n) is 3.28. The minimum absolute atomic E-state index is 0.131. The number of hydrogen-bond donors (Lipinski definition) is 1. The van der Waals surface area contributed by atoms with Crippen molar-refractivity contribution < 1.29 is 4.74 Å². The van der Waals surface area contributed by atoms with E-state index in [1.807, 2.05) is 18.2 Å². The molecule has 0 aromatic heterocycles. The van der Waals surface area contributed by atoms with Crippen molar-refractivity contribution in [1.29, 1.82) is 0 Å². The lowest BCUT2D eigenvalue weighted by Crippen LogP contribution is -2.41. The first-order valence-corrected chi connectivity index (χ1v) is 4.61. The van der Waals surface area contributed by atoms with Crippen LogP contribution in [0.5, 0.6) is 0 Å². The molecule has 0 saturated carbocycles. The van der Waals surface area contributed by atoms with Crippen LogP contribution in [0.15, 0.2) is 18.2 Å². The monoisotopic (exact) mass is 175 g/mol. The van der Waals surface area contributed by atoms with Gasteiger partial charge in [-0.1, -0.05) is 18.2 Å². The Morgan fingerprint density at radius 3 is 3.23 bits per heavy atom. The number of ether oxygens (including phenoxy) is 1. The summed E-state index contributed by atoms with van der Waals surface area (Å²) < 4.78 is 5.66. The van der Waals surface area contributed by atoms with Crippen molar-refractivity contribution in [3.63, 3.8) is 0 Å². The van der Waals surface area contributed by atoms with Crippen molar-refractivity contribution in [2.24, 2.45) is 0 Å². The van der Waals surface area contributed by atoms with Crippen LogP contribution in [-0.2, 0) is 4.74 Å². The highest BCUT2D eigenvalue weighted by Gasteiger charge is 2.22. The van der Waals surface area contributed by atoms with Gasteiger partial charge in [0.15, 0.2) is 0 Å². The van der Waals surface area contributed by atoms with Crippen LogP contribution in [0, 0.1) is 12.1 Å². The van der Waals surface area contributed by atoms with E-state index in [2.05, 4.69) is 24.4 Å². The molecule has 0 unspecified atom stereocenters. The van der Waals surface area contributed by atoms with Crippen LogP contribution in [-0.4, -0.2) is 19.2 Å². The van der Waals surface area contributed by atoms with Gasteiger partial charge in [0.25, 0.3) is 0 Å². The van der Waals surface area contributed by atoms with E-state index in [9.17, 15) is 0 Å². The average Bonchev–Trinajstić information content (AvgIpc) is 2.20. The summed E-state index contributed by atoms with van der Waals surface area (Å²) in [6, 6.07) is 12.2. The summed E-state index contributed by atoms with van der Waals surface area (Å²) in [6.45, 7) is 3.84. The zero-order chi connectivity index (χ0) is 9.10. The molecule has 0 radical (unpaired) electrons. The molecule has 2 atom stereocenters. The molecule has 1 aromatic rings. The summed E-state index contributed by atoms with van der Waals surface area (Å²) in [6.07, 6.45) is 0.131. The highest BCUT2D eigenvalue weighted by atomic mass is 16.5. The lowest BCUT2D eigenvalue weighted by molar-refractivity contribution is -0.000218. The van der Waals surface area contributed by atoms with Gasteiger partial charge in [0.2, 0.25) is 0 Å². The van der Waals surface area contributed by atoms with Gasteiger partial charge < -0.3 is 10.1 Å². The van der Waals surface area contributed by atoms with E-state index in [0.29, 0.717) is 6.04 Å². The number of nitrogens with one attached hydrogen (secondary N) is 1. The Hall–Kier alpha value is -1.04. The maximum Gasteiger partial charge on any atom is 0.105 e. The minimum Gasteiger partial charge on any atom is -0.370 e. The summed E-state index contributed by atoms with van der Waals surface area (Å²) >= 11 is 0. The average molecular weight is 175 g/mol. The Morgan fingerprint density at radius 2 is 2.54 bits per heavy atom. The fourth-order valence-electron chi connectivity index (χ4n) is 1.62. The van der Waals surface area contributed by atoms with Crippen LogP contribution in [0.2, 0.25) is 0 Å². The van der Waals surface area contributed by atoms with Crippen molar-refractivity contribution in [2.45, 2.75) is 19.1 Å². The maximum atomic E-state index is 5.66. The van der Waals surface area contributed by atoms with Crippen LogP contribution < -0.4 is 5.32 Å². The van der Waals surface area contributed by atoms with E-state index >= 15 is 0 Å². The van der Waals surface area contributed by atoms with Crippen molar-refractivity contribution in [2.75, 3.05) is 13.2 Å². The molecular formula is C11H13NO. The third kappa shape index (κ3) is 1.82. The molecule has 2 nitrogen and oxygen atoms in total. The van der Waals surface area contributed by atoms with Gasteiger partial charge >= 0.3 is 0 Å². The van der Waals surface area contributed by atoms with E-state index in [4.69, 9.17) is 4.74 Å². The van der Waals surface area contributed by atoms with Crippen molar-refractivity contribution >= 4 is 0 Å². The summed E-state index contributed by atoms with van der Waals surface area (Å²) in [4.78, 5) is 0. The van der Waals surface area contributed by atoms with Gasteiger partial charge in [0, 0.05) is 18.2 Å². The molecule has 1 saturated heterocycles. The van der Waals surface area contributed by atoms with Crippen LogP contribution in [0.25, 0.3) is 0 Å². The molecule has 2 rings (SSSR count). The standard InChI is InChI=1S/C11H13NO/c1-9-11(13-8-7-12-9)10-5-3-2-4-6-10/h2-3,5,9,11-12H,7-8H2,1H3/t9-,11+/m0/s1. The zero-order valence-electron chi connectivity index (χ0n) is 7.71. The third-order valence-electron chi connectivity index (χ3n) is 2.30. The lowest BCUT2D eigenvalue weighted by atomic mass is 10.0. The molecule has 1 heterocycles. The summed E-state index contributed by atoms with van der Waals surface area (Å²) in [5, 5.41) is 3.37. The molecule has 0 bridgehead atoms. The first kappa shape index (κ1) is 8.55. The Bertz CT molecular complexity index is 260. The molecule has 1 fully saturated rings.